The monoisotopic (exact) mass is 275 g/mol. The fourth-order valence-corrected chi connectivity index (χ4v) is 2.01. The maximum atomic E-state index is 5.86. The zero-order valence-electron chi connectivity index (χ0n) is 12.2. The lowest BCUT2D eigenvalue weighted by molar-refractivity contribution is 0.291. The standard InChI is InChI=1S/C15H21N3O2/c1-4-12-8-13(18(2)17-12)10-20-15-6-5-14(19-3)7-11(15)9-16/h5-8H,4,9-10,16H2,1-3H3. The lowest BCUT2D eigenvalue weighted by Crippen LogP contribution is -2.06. The van der Waals surface area contributed by atoms with Gasteiger partial charge in [-0.2, -0.15) is 5.10 Å². The van der Waals surface area contributed by atoms with Crippen molar-refractivity contribution in [2.24, 2.45) is 12.8 Å². The van der Waals surface area contributed by atoms with E-state index in [0.29, 0.717) is 13.2 Å². The molecule has 5 nitrogen and oxygen atoms in total. The maximum absolute atomic E-state index is 5.86. The summed E-state index contributed by atoms with van der Waals surface area (Å²) in [5.74, 6) is 1.57. The van der Waals surface area contributed by atoms with Crippen molar-refractivity contribution in [1.82, 2.24) is 9.78 Å². The Morgan fingerprint density at radius 2 is 2.10 bits per heavy atom. The van der Waals surface area contributed by atoms with Crippen LogP contribution in [0.1, 0.15) is 23.9 Å². The van der Waals surface area contributed by atoms with Gasteiger partial charge in [0, 0.05) is 19.2 Å². The van der Waals surface area contributed by atoms with Crippen LogP contribution in [-0.2, 0) is 26.6 Å². The number of rotatable bonds is 6. The first-order valence-corrected chi connectivity index (χ1v) is 6.69. The van der Waals surface area contributed by atoms with Crippen LogP contribution in [0.2, 0.25) is 0 Å². The normalized spacial score (nSPS) is 10.6. The Balaban J connectivity index is 2.11. The summed E-state index contributed by atoms with van der Waals surface area (Å²) in [5, 5.41) is 4.40. The van der Waals surface area contributed by atoms with E-state index in [1.54, 1.807) is 7.11 Å². The summed E-state index contributed by atoms with van der Waals surface area (Å²) in [5.41, 5.74) is 8.79. The SMILES string of the molecule is CCc1cc(COc2ccc(OC)cc2CN)n(C)n1. The topological polar surface area (TPSA) is 62.3 Å². The van der Waals surface area contributed by atoms with Gasteiger partial charge in [-0.3, -0.25) is 4.68 Å². The van der Waals surface area contributed by atoms with Gasteiger partial charge in [0.05, 0.1) is 18.5 Å². The van der Waals surface area contributed by atoms with E-state index in [1.807, 2.05) is 29.9 Å². The van der Waals surface area contributed by atoms with Crippen LogP contribution in [0.25, 0.3) is 0 Å². The Labute approximate surface area is 119 Å². The molecule has 2 N–H and O–H groups in total. The highest BCUT2D eigenvalue weighted by Crippen LogP contribution is 2.24. The largest absolute Gasteiger partial charge is 0.497 e. The Hall–Kier alpha value is -2.01. The first kappa shape index (κ1) is 14.4. The van der Waals surface area contributed by atoms with Crippen LogP contribution in [-0.4, -0.2) is 16.9 Å². The predicted octanol–water partition coefficient (Wildman–Crippen LogP) is 2.03. The third kappa shape index (κ3) is 3.11. The Morgan fingerprint density at radius 1 is 1.30 bits per heavy atom. The molecule has 0 amide bonds. The van der Waals surface area contributed by atoms with Gasteiger partial charge in [-0.1, -0.05) is 6.92 Å². The molecule has 0 bridgehead atoms. The van der Waals surface area contributed by atoms with Gasteiger partial charge in [0.25, 0.3) is 0 Å². The van der Waals surface area contributed by atoms with Gasteiger partial charge in [0.15, 0.2) is 0 Å². The highest BCUT2D eigenvalue weighted by atomic mass is 16.5. The third-order valence-corrected chi connectivity index (χ3v) is 3.25. The van der Waals surface area contributed by atoms with Gasteiger partial charge in [0.2, 0.25) is 0 Å². The van der Waals surface area contributed by atoms with Crippen molar-refractivity contribution >= 4 is 0 Å². The first-order valence-electron chi connectivity index (χ1n) is 6.69. The van der Waals surface area contributed by atoms with Crippen molar-refractivity contribution < 1.29 is 9.47 Å². The summed E-state index contributed by atoms with van der Waals surface area (Å²) in [7, 11) is 3.56. The van der Waals surface area contributed by atoms with Crippen LogP contribution in [0, 0.1) is 0 Å². The quantitative estimate of drug-likeness (QED) is 0.876. The second-order valence-corrected chi connectivity index (χ2v) is 4.57. The number of nitrogens with two attached hydrogens (primary N) is 1. The van der Waals surface area contributed by atoms with E-state index < -0.39 is 0 Å². The average Bonchev–Trinajstić information content (AvgIpc) is 2.85. The first-order chi connectivity index (χ1) is 9.67. The summed E-state index contributed by atoms with van der Waals surface area (Å²) in [6, 6.07) is 7.72. The number of methoxy groups -OCH3 is 1. The molecule has 5 heteroatoms. The van der Waals surface area contributed by atoms with E-state index in [2.05, 4.69) is 18.1 Å². The molecule has 0 fully saturated rings. The summed E-state index contributed by atoms with van der Waals surface area (Å²) in [4.78, 5) is 0. The van der Waals surface area contributed by atoms with E-state index in [0.717, 1.165) is 34.9 Å². The lowest BCUT2D eigenvalue weighted by atomic mass is 10.2. The van der Waals surface area contributed by atoms with Crippen LogP contribution >= 0.6 is 0 Å². The molecule has 0 saturated carbocycles. The second-order valence-electron chi connectivity index (χ2n) is 4.57. The highest BCUT2D eigenvalue weighted by Gasteiger charge is 2.08. The fraction of sp³-hybridized carbons (Fsp3) is 0.400. The Bertz CT molecular complexity index is 578. The zero-order chi connectivity index (χ0) is 14.5. The molecule has 0 saturated heterocycles. The predicted molar refractivity (Wildman–Crippen MR) is 77.8 cm³/mol. The van der Waals surface area contributed by atoms with Crippen molar-refractivity contribution in [2.45, 2.75) is 26.5 Å². The van der Waals surface area contributed by atoms with Crippen LogP contribution in [0.3, 0.4) is 0 Å². The van der Waals surface area contributed by atoms with Crippen LogP contribution in [0.15, 0.2) is 24.3 Å². The molecule has 0 aliphatic heterocycles. The van der Waals surface area contributed by atoms with Crippen molar-refractivity contribution in [3.63, 3.8) is 0 Å². The van der Waals surface area contributed by atoms with E-state index in [-0.39, 0.29) is 0 Å². The van der Waals surface area contributed by atoms with Gasteiger partial charge in [0.1, 0.15) is 18.1 Å². The summed E-state index contributed by atoms with van der Waals surface area (Å²) < 4.78 is 12.9. The van der Waals surface area contributed by atoms with Gasteiger partial charge in [-0.15, -0.1) is 0 Å². The lowest BCUT2D eigenvalue weighted by Gasteiger charge is -2.11. The van der Waals surface area contributed by atoms with Gasteiger partial charge in [-0.05, 0) is 30.7 Å². The van der Waals surface area contributed by atoms with Crippen molar-refractivity contribution in [2.75, 3.05) is 7.11 Å². The van der Waals surface area contributed by atoms with Gasteiger partial charge < -0.3 is 15.2 Å². The van der Waals surface area contributed by atoms with E-state index in [1.165, 1.54) is 0 Å². The summed E-state index contributed by atoms with van der Waals surface area (Å²) >= 11 is 0. The van der Waals surface area contributed by atoms with Crippen molar-refractivity contribution in [3.05, 3.63) is 41.2 Å². The van der Waals surface area contributed by atoms with Crippen molar-refractivity contribution in [3.8, 4) is 11.5 Å². The Morgan fingerprint density at radius 3 is 2.70 bits per heavy atom. The minimum atomic E-state index is 0.415. The molecule has 108 valence electrons. The molecule has 1 heterocycles. The Kier molecular flexibility index (Phi) is 4.63. The summed E-state index contributed by atoms with van der Waals surface area (Å²) in [6.45, 7) is 2.98. The molecule has 20 heavy (non-hydrogen) atoms. The second kappa shape index (κ2) is 6.43. The average molecular weight is 275 g/mol. The molecule has 0 unspecified atom stereocenters. The molecule has 1 aromatic carbocycles. The molecule has 1 aromatic heterocycles. The highest BCUT2D eigenvalue weighted by molar-refractivity contribution is 5.40. The minimum Gasteiger partial charge on any atom is -0.497 e. The number of nitrogens with zero attached hydrogens (tertiary/aromatic N) is 2. The fourth-order valence-electron chi connectivity index (χ4n) is 2.01. The smallest absolute Gasteiger partial charge is 0.130 e. The van der Waals surface area contributed by atoms with Gasteiger partial charge >= 0.3 is 0 Å². The molecule has 0 aliphatic rings. The van der Waals surface area contributed by atoms with Crippen LogP contribution < -0.4 is 15.2 Å². The molecule has 0 spiro atoms. The maximum Gasteiger partial charge on any atom is 0.130 e. The molecule has 0 atom stereocenters. The molecule has 0 aliphatic carbocycles. The van der Waals surface area contributed by atoms with Crippen LogP contribution in [0.4, 0.5) is 0 Å². The third-order valence-electron chi connectivity index (χ3n) is 3.25. The molecule has 2 aromatic rings. The van der Waals surface area contributed by atoms with E-state index in [4.69, 9.17) is 15.2 Å². The number of aromatic nitrogens is 2. The van der Waals surface area contributed by atoms with E-state index in [9.17, 15) is 0 Å². The van der Waals surface area contributed by atoms with Crippen LogP contribution in [0.5, 0.6) is 11.5 Å². The molecule has 2 rings (SSSR count). The number of ether oxygens (including phenoxy) is 2. The number of hydrogen-bond acceptors (Lipinski definition) is 4. The number of hydrogen-bond donors (Lipinski definition) is 1. The molecular formula is C15H21N3O2. The van der Waals surface area contributed by atoms with E-state index >= 15 is 0 Å². The molecular weight excluding hydrogens is 254 g/mol. The zero-order valence-corrected chi connectivity index (χ0v) is 12.2. The molecule has 0 radical (unpaired) electrons. The number of benzene rings is 1. The summed E-state index contributed by atoms with van der Waals surface area (Å²) in [6.07, 6.45) is 0.921. The number of aryl methyl sites for hydroxylation is 2. The van der Waals surface area contributed by atoms with Crippen molar-refractivity contribution in [1.29, 1.82) is 0 Å². The minimum absolute atomic E-state index is 0.415. The van der Waals surface area contributed by atoms with Gasteiger partial charge in [-0.25, -0.2) is 0 Å².